The molecule has 3 rings (SSSR count). The van der Waals surface area contributed by atoms with E-state index in [2.05, 4.69) is 25.5 Å². The van der Waals surface area contributed by atoms with E-state index in [1.54, 1.807) is 26.2 Å². The third-order valence-electron chi connectivity index (χ3n) is 4.82. The fourth-order valence-corrected chi connectivity index (χ4v) is 2.98. The van der Waals surface area contributed by atoms with Crippen LogP contribution >= 0.6 is 0 Å². The summed E-state index contributed by atoms with van der Waals surface area (Å²) in [4.78, 5) is 9.19. The highest BCUT2D eigenvalue weighted by Crippen LogP contribution is 2.38. The number of alkyl halides is 5. The molecule has 0 aromatic carbocycles. The first-order chi connectivity index (χ1) is 14.8. The maximum Gasteiger partial charge on any atom is 0.425 e. The van der Waals surface area contributed by atoms with Gasteiger partial charge >= 0.3 is 12.2 Å². The molecule has 11 nitrogen and oxygen atoms in total. The first kappa shape index (κ1) is 23.6. The summed E-state index contributed by atoms with van der Waals surface area (Å²) in [6.45, 7) is 0.0494. The van der Waals surface area contributed by atoms with Gasteiger partial charge in [0.1, 0.15) is 5.69 Å². The van der Waals surface area contributed by atoms with E-state index < -0.39 is 37.2 Å². The van der Waals surface area contributed by atoms with Gasteiger partial charge in [0.25, 0.3) is 5.92 Å². The lowest BCUT2D eigenvalue weighted by Gasteiger charge is -2.32. The lowest BCUT2D eigenvalue weighted by molar-refractivity contribution is -0.190. The lowest BCUT2D eigenvalue weighted by atomic mass is 10.3. The van der Waals surface area contributed by atoms with Crippen LogP contribution < -0.4 is 20.4 Å². The first-order valence-electron chi connectivity index (χ1n) is 9.48. The molecule has 2 N–H and O–H groups in total. The molecule has 0 unspecified atom stereocenters. The average molecular weight is 466 g/mol. The third kappa shape index (κ3) is 5.05. The minimum atomic E-state index is -4.68. The van der Waals surface area contributed by atoms with Crippen LogP contribution in [0, 0.1) is 0 Å². The molecule has 0 aliphatic carbocycles. The maximum atomic E-state index is 13.8. The zero-order chi connectivity index (χ0) is 23.8. The molecule has 0 bridgehead atoms. The molecule has 2 aromatic rings. The zero-order valence-corrected chi connectivity index (χ0v) is 17.8. The van der Waals surface area contributed by atoms with Crippen LogP contribution in [0.5, 0.6) is 6.01 Å². The topological polar surface area (TPSA) is 114 Å². The molecule has 3 heterocycles. The van der Waals surface area contributed by atoms with Gasteiger partial charge in [-0.25, -0.2) is 18.5 Å². The number of hydrogen-bond acceptors (Lipinski definition) is 10. The summed E-state index contributed by atoms with van der Waals surface area (Å²) in [5.74, 6) is -2.78. The molecule has 0 spiro atoms. The van der Waals surface area contributed by atoms with Crippen molar-refractivity contribution in [1.82, 2.24) is 35.2 Å². The number of anilines is 3. The van der Waals surface area contributed by atoms with Gasteiger partial charge in [-0.2, -0.15) is 23.1 Å². The number of nitrogens with two attached hydrogens (primary N) is 1. The van der Waals surface area contributed by atoms with Gasteiger partial charge < -0.3 is 15.4 Å². The van der Waals surface area contributed by atoms with Crippen LogP contribution in [0.25, 0.3) is 0 Å². The van der Waals surface area contributed by atoms with Gasteiger partial charge in [0, 0.05) is 34.1 Å². The molecule has 1 saturated heterocycles. The number of aryl methyl sites for hydroxylation is 1. The highest BCUT2D eigenvalue weighted by Gasteiger charge is 2.41. The predicted octanol–water partition coefficient (Wildman–Crippen LogP) is 1.24. The van der Waals surface area contributed by atoms with Crippen molar-refractivity contribution >= 4 is 17.3 Å². The van der Waals surface area contributed by atoms with Gasteiger partial charge in [-0.3, -0.25) is 5.01 Å². The summed E-state index contributed by atoms with van der Waals surface area (Å²) < 4.78 is 73.0. The second kappa shape index (κ2) is 8.48. The number of nitrogens with zero attached hydrogens (tertiary/aromatic N) is 9. The molecular weight excluding hydrogens is 443 g/mol. The van der Waals surface area contributed by atoms with Crippen LogP contribution in [0.1, 0.15) is 19.2 Å². The Balaban J connectivity index is 2.07. The summed E-state index contributed by atoms with van der Waals surface area (Å²) in [6, 6.07) is -0.646. The Morgan fingerprint density at radius 3 is 2.44 bits per heavy atom. The van der Waals surface area contributed by atoms with E-state index in [-0.39, 0.29) is 30.4 Å². The Morgan fingerprint density at radius 1 is 1.25 bits per heavy atom. The van der Waals surface area contributed by atoms with Crippen LogP contribution in [0.2, 0.25) is 0 Å². The molecule has 1 aliphatic rings. The smallest absolute Gasteiger partial charge is 0.425 e. The van der Waals surface area contributed by atoms with Gasteiger partial charge in [0.15, 0.2) is 23.6 Å². The maximum absolute atomic E-state index is 13.8. The molecule has 1 fully saturated rings. The molecule has 0 saturated carbocycles. The van der Waals surface area contributed by atoms with Crippen LogP contribution in [0.15, 0.2) is 0 Å². The van der Waals surface area contributed by atoms with Gasteiger partial charge in [0.2, 0.25) is 0 Å². The normalized spacial score (nSPS) is 17.1. The Labute approximate surface area is 179 Å². The number of aromatic nitrogens is 6. The van der Waals surface area contributed by atoms with E-state index >= 15 is 0 Å². The van der Waals surface area contributed by atoms with Crippen molar-refractivity contribution in [3.63, 3.8) is 0 Å². The van der Waals surface area contributed by atoms with Crippen molar-refractivity contribution in [1.29, 1.82) is 0 Å². The number of ether oxygens (including phenoxy) is 1. The minimum Gasteiger partial charge on any atom is -0.451 e. The standard InChI is InChI=1S/C16H23F5N10O/c1-9(16(19,20)21)32-14-23-12(30-6-5-15(17,18)8-30)11(22)13(24-14)31(28(2)3)7-10-25-26-27-29(10)4/h9H,5-8,22H2,1-4H3/t9-/m0/s1. The molecule has 32 heavy (non-hydrogen) atoms. The zero-order valence-electron chi connectivity index (χ0n) is 17.8. The summed E-state index contributed by atoms with van der Waals surface area (Å²) in [7, 11) is 4.87. The van der Waals surface area contributed by atoms with Gasteiger partial charge in [-0.15, -0.1) is 5.10 Å². The summed E-state index contributed by atoms with van der Waals surface area (Å²) in [6.07, 6.45) is -7.36. The van der Waals surface area contributed by atoms with Gasteiger partial charge in [-0.05, 0) is 17.4 Å². The van der Waals surface area contributed by atoms with E-state index in [4.69, 9.17) is 10.5 Å². The van der Waals surface area contributed by atoms with E-state index in [1.807, 2.05) is 0 Å². The van der Waals surface area contributed by atoms with Gasteiger partial charge in [0.05, 0.1) is 13.1 Å². The molecule has 1 aliphatic heterocycles. The molecule has 0 amide bonds. The second-order valence-corrected chi connectivity index (χ2v) is 7.52. The van der Waals surface area contributed by atoms with Crippen LogP contribution in [-0.4, -0.2) is 80.6 Å². The number of nitrogen functional groups attached to an aromatic ring is 1. The fraction of sp³-hybridized carbons (Fsp3) is 0.688. The van der Waals surface area contributed by atoms with Crippen LogP contribution in [-0.2, 0) is 13.6 Å². The van der Waals surface area contributed by atoms with Crippen molar-refractivity contribution in [3.8, 4) is 6.01 Å². The van der Waals surface area contributed by atoms with Crippen molar-refractivity contribution in [2.75, 3.05) is 42.8 Å². The van der Waals surface area contributed by atoms with E-state index in [1.165, 1.54) is 14.6 Å². The Hall–Kier alpha value is -3.04. The molecule has 1 atom stereocenters. The van der Waals surface area contributed by atoms with Crippen LogP contribution in [0.3, 0.4) is 0 Å². The monoisotopic (exact) mass is 466 g/mol. The number of rotatable bonds is 7. The summed E-state index contributed by atoms with van der Waals surface area (Å²) >= 11 is 0. The van der Waals surface area contributed by atoms with Crippen molar-refractivity contribution in [2.45, 2.75) is 38.1 Å². The van der Waals surface area contributed by atoms with Gasteiger partial charge in [-0.1, -0.05) is 0 Å². The summed E-state index contributed by atoms with van der Waals surface area (Å²) in [5.41, 5.74) is 6.13. The molecular formula is C16H23F5N10O. The van der Waals surface area contributed by atoms with E-state index in [0.717, 1.165) is 6.92 Å². The number of tetrazole rings is 1. The van der Waals surface area contributed by atoms with Crippen molar-refractivity contribution in [2.24, 2.45) is 7.05 Å². The second-order valence-electron chi connectivity index (χ2n) is 7.52. The Kier molecular flexibility index (Phi) is 6.26. The Morgan fingerprint density at radius 2 is 1.94 bits per heavy atom. The number of hydrogen-bond donors (Lipinski definition) is 1. The van der Waals surface area contributed by atoms with E-state index in [9.17, 15) is 22.0 Å². The first-order valence-corrected chi connectivity index (χ1v) is 9.48. The highest BCUT2D eigenvalue weighted by atomic mass is 19.4. The summed E-state index contributed by atoms with van der Waals surface area (Å²) in [5, 5.41) is 14.2. The average Bonchev–Trinajstić information content (AvgIpc) is 3.24. The molecule has 0 radical (unpaired) electrons. The number of halogens is 5. The lowest BCUT2D eigenvalue weighted by Crippen LogP contribution is -2.39. The third-order valence-corrected chi connectivity index (χ3v) is 4.82. The van der Waals surface area contributed by atoms with Crippen molar-refractivity contribution < 1.29 is 26.7 Å². The minimum absolute atomic E-state index is 0.0293. The van der Waals surface area contributed by atoms with Crippen molar-refractivity contribution in [3.05, 3.63) is 5.82 Å². The van der Waals surface area contributed by atoms with Crippen LogP contribution in [0.4, 0.5) is 39.3 Å². The largest absolute Gasteiger partial charge is 0.451 e. The Bertz CT molecular complexity index is 950. The molecule has 178 valence electrons. The van der Waals surface area contributed by atoms with E-state index in [0.29, 0.717) is 5.82 Å². The predicted molar refractivity (Wildman–Crippen MR) is 103 cm³/mol. The molecule has 2 aromatic heterocycles. The SMILES string of the molecule is C[C@H](Oc1nc(N2CCC(F)(F)C2)c(N)c(N(Cc2nnnn2C)N(C)C)n1)C(F)(F)F. The quantitative estimate of drug-likeness (QED) is 0.472. The molecule has 16 heteroatoms. The number of hydrazine groups is 1. The fourth-order valence-electron chi connectivity index (χ4n) is 2.98. The highest BCUT2D eigenvalue weighted by molar-refractivity contribution is 5.76.